The van der Waals surface area contributed by atoms with Crippen LogP contribution >= 0.6 is 11.6 Å². The summed E-state index contributed by atoms with van der Waals surface area (Å²) in [6, 6.07) is 11.3. The molecule has 1 aliphatic rings. The molecule has 0 bridgehead atoms. The van der Waals surface area contributed by atoms with Crippen molar-refractivity contribution in [1.82, 2.24) is 4.98 Å². The summed E-state index contributed by atoms with van der Waals surface area (Å²) in [5, 5.41) is 0.399. The Kier molecular flexibility index (Phi) is 3.34. The number of aromatic nitrogens is 1. The molecule has 0 amide bonds. The van der Waals surface area contributed by atoms with Crippen LogP contribution in [0.4, 0.5) is 0 Å². The normalized spacial score (nSPS) is 15.0. The summed E-state index contributed by atoms with van der Waals surface area (Å²) in [5.74, 6) is 0.563. The number of ketones is 1. The molecule has 96 valence electrons. The van der Waals surface area contributed by atoms with E-state index < -0.39 is 0 Å². The zero-order chi connectivity index (χ0) is 13.2. The van der Waals surface area contributed by atoms with Crippen LogP contribution in [0.3, 0.4) is 0 Å². The number of hydrogen-bond donors (Lipinski definition) is 0. The van der Waals surface area contributed by atoms with Gasteiger partial charge in [0.15, 0.2) is 0 Å². The summed E-state index contributed by atoms with van der Waals surface area (Å²) >= 11 is 6.00. The molecule has 0 aliphatic heterocycles. The Bertz CT molecular complexity index is 602. The van der Waals surface area contributed by atoms with E-state index in [1.165, 1.54) is 24.8 Å². The first kappa shape index (κ1) is 12.4. The van der Waals surface area contributed by atoms with E-state index in [0.29, 0.717) is 22.2 Å². The molecule has 1 aromatic heterocycles. The Morgan fingerprint density at radius 3 is 2.47 bits per heavy atom. The van der Waals surface area contributed by atoms with Crippen molar-refractivity contribution < 1.29 is 4.79 Å². The van der Waals surface area contributed by atoms with E-state index in [4.69, 9.17) is 11.6 Å². The molecule has 1 aliphatic carbocycles. The summed E-state index contributed by atoms with van der Waals surface area (Å²) in [6.07, 6.45) is 5.43. The molecule has 19 heavy (non-hydrogen) atoms. The lowest BCUT2D eigenvalue weighted by atomic mass is 9.80. The van der Waals surface area contributed by atoms with Gasteiger partial charge in [0.05, 0.1) is 5.02 Å². The van der Waals surface area contributed by atoms with Crippen molar-refractivity contribution in [3.63, 3.8) is 0 Å². The lowest BCUT2D eigenvalue weighted by Crippen LogP contribution is -2.09. The van der Waals surface area contributed by atoms with Crippen molar-refractivity contribution in [2.24, 2.45) is 0 Å². The maximum Gasteiger partial charge on any atom is 0.212 e. The van der Waals surface area contributed by atoms with Gasteiger partial charge in [-0.25, -0.2) is 0 Å². The van der Waals surface area contributed by atoms with Gasteiger partial charge in [0.1, 0.15) is 5.69 Å². The van der Waals surface area contributed by atoms with E-state index in [1.54, 1.807) is 18.3 Å². The Balaban J connectivity index is 1.86. The van der Waals surface area contributed by atoms with Crippen molar-refractivity contribution in [2.45, 2.75) is 25.2 Å². The number of carbonyl (C=O) groups excluding carboxylic acids is 1. The van der Waals surface area contributed by atoms with Crippen molar-refractivity contribution in [3.8, 4) is 0 Å². The fraction of sp³-hybridized carbons (Fsp3) is 0.250. The first-order valence-corrected chi connectivity index (χ1v) is 6.88. The maximum atomic E-state index is 12.3. The quantitative estimate of drug-likeness (QED) is 0.782. The zero-order valence-corrected chi connectivity index (χ0v) is 11.2. The van der Waals surface area contributed by atoms with Gasteiger partial charge in [-0.05, 0) is 36.5 Å². The highest BCUT2D eigenvalue weighted by atomic mass is 35.5. The number of pyridine rings is 1. The molecule has 1 heterocycles. The highest BCUT2D eigenvalue weighted by Crippen LogP contribution is 2.36. The van der Waals surface area contributed by atoms with E-state index in [-0.39, 0.29) is 5.78 Å². The average molecular weight is 272 g/mol. The minimum absolute atomic E-state index is 0.120. The summed E-state index contributed by atoms with van der Waals surface area (Å²) in [6.45, 7) is 0. The van der Waals surface area contributed by atoms with Gasteiger partial charge in [-0.15, -0.1) is 0 Å². The van der Waals surface area contributed by atoms with Crippen LogP contribution in [0.1, 0.15) is 46.8 Å². The van der Waals surface area contributed by atoms with E-state index in [2.05, 4.69) is 4.98 Å². The molecular weight excluding hydrogens is 258 g/mol. The monoisotopic (exact) mass is 271 g/mol. The Labute approximate surface area is 117 Å². The Morgan fingerprint density at radius 1 is 1.16 bits per heavy atom. The summed E-state index contributed by atoms with van der Waals surface area (Å²) in [4.78, 5) is 16.3. The molecule has 1 saturated carbocycles. The summed E-state index contributed by atoms with van der Waals surface area (Å²) in [5.41, 5.74) is 2.29. The predicted molar refractivity (Wildman–Crippen MR) is 75.7 cm³/mol. The van der Waals surface area contributed by atoms with E-state index >= 15 is 0 Å². The third-order valence-electron chi connectivity index (χ3n) is 3.72. The molecule has 2 aromatic rings. The Morgan fingerprint density at radius 2 is 1.89 bits per heavy atom. The molecule has 0 N–H and O–H groups in total. The summed E-state index contributed by atoms with van der Waals surface area (Å²) in [7, 11) is 0. The van der Waals surface area contributed by atoms with Crippen LogP contribution < -0.4 is 0 Å². The van der Waals surface area contributed by atoms with Gasteiger partial charge < -0.3 is 0 Å². The van der Waals surface area contributed by atoms with E-state index in [9.17, 15) is 4.79 Å². The molecule has 0 atom stereocenters. The number of rotatable bonds is 3. The maximum absolute atomic E-state index is 12.3. The second-order valence-corrected chi connectivity index (χ2v) is 5.32. The molecule has 0 unspecified atom stereocenters. The highest BCUT2D eigenvalue weighted by molar-refractivity contribution is 6.34. The predicted octanol–water partition coefficient (Wildman–Crippen LogP) is 4.23. The first-order chi connectivity index (χ1) is 9.25. The van der Waals surface area contributed by atoms with Crippen molar-refractivity contribution in [3.05, 3.63) is 64.4 Å². The topological polar surface area (TPSA) is 30.0 Å². The minimum atomic E-state index is -0.120. The number of carbonyl (C=O) groups is 1. The second-order valence-electron chi connectivity index (χ2n) is 4.91. The Hall–Kier alpha value is -1.67. The van der Waals surface area contributed by atoms with Crippen LogP contribution in [0.25, 0.3) is 0 Å². The fourth-order valence-corrected chi connectivity index (χ4v) is 2.55. The minimum Gasteiger partial charge on any atom is -0.287 e. The van der Waals surface area contributed by atoms with Crippen molar-refractivity contribution in [1.29, 1.82) is 0 Å². The molecule has 0 radical (unpaired) electrons. The zero-order valence-electron chi connectivity index (χ0n) is 10.5. The van der Waals surface area contributed by atoms with Gasteiger partial charge in [-0.1, -0.05) is 42.3 Å². The lowest BCUT2D eigenvalue weighted by Gasteiger charge is -2.25. The summed E-state index contributed by atoms with van der Waals surface area (Å²) < 4.78 is 0. The largest absolute Gasteiger partial charge is 0.287 e. The van der Waals surface area contributed by atoms with Crippen LogP contribution in [-0.4, -0.2) is 10.8 Å². The molecule has 3 heteroatoms. The van der Waals surface area contributed by atoms with Gasteiger partial charge in [-0.3, -0.25) is 9.78 Å². The number of nitrogens with zero attached hydrogens (tertiary/aromatic N) is 1. The first-order valence-electron chi connectivity index (χ1n) is 6.51. The van der Waals surface area contributed by atoms with Gasteiger partial charge in [-0.2, -0.15) is 0 Å². The second kappa shape index (κ2) is 5.14. The molecule has 1 aromatic carbocycles. The third-order valence-corrected chi connectivity index (χ3v) is 4.03. The number of benzene rings is 1. The van der Waals surface area contributed by atoms with Crippen molar-refractivity contribution in [2.75, 3.05) is 0 Å². The van der Waals surface area contributed by atoms with E-state index in [0.717, 1.165) is 0 Å². The molecular formula is C16H14ClNO. The van der Waals surface area contributed by atoms with Crippen LogP contribution in [0.5, 0.6) is 0 Å². The molecule has 1 fully saturated rings. The van der Waals surface area contributed by atoms with Gasteiger partial charge >= 0.3 is 0 Å². The van der Waals surface area contributed by atoms with Crippen molar-refractivity contribution >= 4 is 17.4 Å². The fourth-order valence-electron chi connectivity index (χ4n) is 2.34. The van der Waals surface area contributed by atoms with Gasteiger partial charge in [0, 0.05) is 11.8 Å². The third kappa shape index (κ3) is 2.41. The lowest BCUT2D eigenvalue weighted by molar-refractivity contribution is 0.103. The molecule has 3 rings (SSSR count). The average Bonchev–Trinajstić information content (AvgIpc) is 2.37. The van der Waals surface area contributed by atoms with Gasteiger partial charge in [0.2, 0.25) is 5.78 Å². The molecule has 0 saturated heterocycles. The van der Waals surface area contributed by atoms with Crippen LogP contribution in [0, 0.1) is 0 Å². The van der Waals surface area contributed by atoms with E-state index in [1.807, 2.05) is 24.3 Å². The van der Waals surface area contributed by atoms with Crippen LogP contribution in [0.15, 0.2) is 42.6 Å². The number of halogens is 1. The van der Waals surface area contributed by atoms with Crippen LogP contribution in [0.2, 0.25) is 5.02 Å². The SMILES string of the molecule is O=C(c1ccc(C2CCC2)cc1)c1ncccc1Cl. The molecule has 2 nitrogen and oxygen atoms in total. The standard InChI is InChI=1S/C16H14ClNO/c17-14-5-2-10-18-15(14)16(19)13-8-6-12(7-9-13)11-3-1-4-11/h2,5-11H,1,3-4H2. The smallest absolute Gasteiger partial charge is 0.212 e. The highest BCUT2D eigenvalue weighted by Gasteiger charge is 2.20. The molecule has 0 spiro atoms. The van der Waals surface area contributed by atoms with Crippen LogP contribution in [-0.2, 0) is 0 Å². The number of hydrogen-bond acceptors (Lipinski definition) is 2. The van der Waals surface area contributed by atoms with Gasteiger partial charge in [0.25, 0.3) is 0 Å².